The van der Waals surface area contributed by atoms with Crippen LogP contribution in [0.25, 0.3) is 0 Å². The number of hydrogen-bond acceptors (Lipinski definition) is 4. The molecule has 1 aromatic rings. The average molecular weight is 278 g/mol. The van der Waals surface area contributed by atoms with Gasteiger partial charge in [-0.25, -0.2) is 0 Å². The number of nitrogens with two attached hydrogens (primary N) is 1. The van der Waals surface area contributed by atoms with Gasteiger partial charge in [0.05, 0.1) is 18.8 Å². The van der Waals surface area contributed by atoms with Gasteiger partial charge in [0.2, 0.25) is 0 Å². The minimum atomic E-state index is -0.229. The summed E-state index contributed by atoms with van der Waals surface area (Å²) >= 11 is 0. The molecule has 0 saturated heterocycles. The van der Waals surface area contributed by atoms with Gasteiger partial charge in [0, 0.05) is 12.2 Å². The van der Waals surface area contributed by atoms with E-state index in [-0.39, 0.29) is 12.0 Å². The van der Waals surface area contributed by atoms with Crippen LogP contribution in [0.2, 0.25) is 0 Å². The van der Waals surface area contributed by atoms with Crippen molar-refractivity contribution in [3.05, 3.63) is 23.8 Å². The Morgan fingerprint density at radius 3 is 3.00 bits per heavy atom. The van der Waals surface area contributed by atoms with Crippen molar-refractivity contribution >= 4 is 11.6 Å². The maximum Gasteiger partial charge on any atom is 0.255 e. The number of ether oxygens (including phenoxy) is 1. The van der Waals surface area contributed by atoms with Crippen LogP contribution >= 0.6 is 0 Å². The van der Waals surface area contributed by atoms with Gasteiger partial charge in [0.1, 0.15) is 5.75 Å². The molecule has 2 unspecified atom stereocenters. The topological polar surface area (TPSA) is 84.6 Å². The van der Waals surface area contributed by atoms with Crippen LogP contribution in [0, 0.1) is 5.92 Å². The van der Waals surface area contributed by atoms with Gasteiger partial charge in [-0.2, -0.15) is 0 Å². The van der Waals surface area contributed by atoms with Crippen molar-refractivity contribution in [1.82, 2.24) is 5.32 Å². The first-order valence-electron chi connectivity index (χ1n) is 7.00. The summed E-state index contributed by atoms with van der Waals surface area (Å²) in [6.07, 6.45) is 3.46. The first-order valence-corrected chi connectivity index (χ1v) is 7.00. The Hall–Kier alpha value is -1.75. The van der Waals surface area contributed by atoms with Gasteiger partial charge in [-0.05, 0) is 43.4 Å². The van der Waals surface area contributed by atoms with E-state index in [9.17, 15) is 9.90 Å². The highest BCUT2D eigenvalue weighted by molar-refractivity contribution is 5.97. The van der Waals surface area contributed by atoms with E-state index in [0.717, 1.165) is 25.7 Å². The zero-order valence-electron chi connectivity index (χ0n) is 11.8. The van der Waals surface area contributed by atoms with Gasteiger partial charge in [0.25, 0.3) is 5.91 Å². The number of methoxy groups -OCH3 is 1. The fraction of sp³-hybridized carbons (Fsp3) is 0.533. The predicted molar refractivity (Wildman–Crippen MR) is 77.7 cm³/mol. The number of anilines is 1. The third kappa shape index (κ3) is 3.63. The zero-order valence-corrected chi connectivity index (χ0v) is 11.8. The number of nitrogen functional groups attached to an aromatic ring is 1. The van der Waals surface area contributed by atoms with Crippen LogP contribution in [0.5, 0.6) is 5.75 Å². The van der Waals surface area contributed by atoms with Crippen molar-refractivity contribution in [2.24, 2.45) is 5.92 Å². The second kappa shape index (κ2) is 6.61. The highest BCUT2D eigenvalue weighted by Gasteiger charge is 2.21. The maximum absolute atomic E-state index is 12.2. The lowest BCUT2D eigenvalue weighted by atomic mass is 9.87. The van der Waals surface area contributed by atoms with Crippen molar-refractivity contribution in [2.75, 3.05) is 19.4 Å². The fourth-order valence-corrected chi connectivity index (χ4v) is 2.68. The van der Waals surface area contributed by atoms with Crippen LogP contribution in [0.3, 0.4) is 0 Å². The van der Waals surface area contributed by atoms with E-state index in [1.165, 1.54) is 7.11 Å². The average Bonchev–Trinajstić information content (AvgIpc) is 2.45. The fourth-order valence-electron chi connectivity index (χ4n) is 2.68. The molecule has 4 N–H and O–H groups in total. The Labute approximate surface area is 119 Å². The van der Waals surface area contributed by atoms with Gasteiger partial charge >= 0.3 is 0 Å². The van der Waals surface area contributed by atoms with E-state index in [1.54, 1.807) is 18.2 Å². The molecule has 1 amide bonds. The molecule has 5 heteroatoms. The van der Waals surface area contributed by atoms with Crippen LogP contribution in [0.4, 0.5) is 5.69 Å². The molecule has 0 aromatic heterocycles. The van der Waals surface area contributed by atoms with E-state index in [2.05, 4.69) is 5.32 Å². The Morgan fingerprint density at radius 2 is 2.30 bits per heavy atom. The summed E-state index contributed by atoms with van der Waals surface area (Å²) in [6, 6.07) is 5.01. The van der Waals surface area contributed by atoms with Crippen molar-refractivity contribution in [3.8, 4) is 5.75 Å². The van der Waals surface area contributed by atoms with Crippen molar-refractivity contribution in [2.45, 2.75) is 31.8 Å². The standard InChI is InChI=1S/C15H22N2O3/c1-20-14-6-5-11(16)8-13(14)15(19)17-9-10-3-2-4-12(18)7-10/h5-6,8,10,12,18H,2-4,7,9,16H2,1H3,(H,17,19). The normalized spacial score (nSPS) is 22.3. The van der Waals surface area contributed by atoms with Crippen molar-refractivity contribution < 1.29 is 14.6 Å². The van der Waals surface area contributed by atoms with E-state index >= 15 is 0 Å². The lowest BCUT2D eigenvalue weighted by molar-refractivity contribution is 0.0871. The van der Waals surface area contributed by atoms with Crippen molar-refractivity contribution in [1.29, 1.82) is 0 Å². The first kappa shape index (κ1) is 14.7. The highest BCUT2D eigenvalue weighted by atomic mass is 16.5. The van der Waals surface area contributed by atoms with E-state index in [4.69, 9.17) is 10.5 Å². The molecule has 20 heavy (non-hydrogen) atoms. The molecule has 2 rings (SSSR count). The number of carbonyl (C=O) groups excluding carboxylic acids is 1. The van der Waals surface area contributed by atoms with Crippen LogP contribution in [-0.4, -0.2) is 30.8 Å². The summed E-state index contributed by atoms with van der Waals surface area (Å²) in [5.74, 6) is 0.671. The molecule has 110 valence electrons. The number of hydrogen-bond donors (Lipinski definition) is 3. The molecule has 0 aliphatic heterocycles. The molecule has 1 aliphatic rings. The number of nitrogens with one attached hydrogen (secondary N) is 1. The van der Waals surface area contributed by atoms with Crippen LogP contribution in [0.15, 0.2) is 18.2 Å². The minimum Gasteiger partial charge on any atom is -0.496 e. The second-order valence-corrected chi connectivity index (χ2v) is 5.36. The highest BCUT2D eigenvalue weighted by Crippen LogP contribution is 2.24. The Bertz CT molecular complexity index is 476. The largest absolute Gasteiger partial charge is 0.496 e. The number of carbonyl (C=O) groups is 1. The van der Waals surface area contributed by atoms with Crippen LogP contribution in [0.1, 0.15) is 36.0 Å². The van der Waals surface area contributed by atoms with Gasteiger partial charge in [0.15, 0.2) is 0 Å². The third-order valence-electron chi connectivity index (χ3n) is 3.77. The molecular weight excluding hydrogens is 256 g/mol. The lowest BCUT2D eigenvalue weighted by Gasteiger charge is -2.26. The summed E-state index contributed by atoms with van der Waals surface area (Å²) < 4.78 is 5.17. The third-order valence-corrected chi connectivity index (χ3v) is 3.77. The van der Waals surface area contributed by atoms with E-state index < -0.39 is 0 Å². The molecule has 1 saturated carbocycles. The van der Waals surface area contributed by atoms with E-state index in [0.29, 0.717) is 29.5 Å². The molecule has 0 bridgehead atoms. The molecule has 1 fully saturated rings. The summed E-state index contributed by atoms with van der Waals surface area (Å²) in [7, 11) is 1.53. The Kier molecular flexibility index (Phi) is 4.84. The summed E-state index contributed by atoms with van der Waals surface area (Å²) in [4.78, 5) is 12.2. The first-order chi connectivity index (χ1) is 9.60. The van der Waals surface area contributed by atoms with Gasteiger partial charge < -0.3 is 20.9 Å². The monoisotopic (exact) mass is 278 g/mol. The lowest BCUT2D eigenvalue weighted by Crippen LogP contribution is -2.33. The maximum atomic E-state index is 12.2. The number of rotatable bonds is 4. The smallest absolute Gasteiger partial charge is 0.255 e. The second-order valence-electron chi connectivity index (χ2n) is 5.36. The molecule has 5 nitrogen and oxygen atoms in total. The van der Waals surface area contributed by atoms with E-state index in [1.807, 2.05) is 0 Å². The molecule has 0 radical (unpaired) electrons. The summed E-state index contributed by atoms with van der Waals surface area (Å²) in [5.41, 5.74) is 6.69. The molecule has 1 aliphatic carbocycles. The molecule has 0 spiro atoms. The quantitative estimate of drug-likeness (QED) is 0.730. The number of benzene rings is 1. The Balaban J connectivity index is 1.96. The SMILES string of the molecule is COc1ccc(N)cc1C(=O)NCC1CCCC(O)C1. The van der Waals surface area contributed by atoms with Crippen LogP contribution < -0.4 is 15.8 Å². The number of aliphatic hydroxyl groups is 1. The van der Waals surface area contributed by atoms with Gasteiger partial charge in [-0.3, -0.25) is 4.79 Å². The van der Waals surface area contributed by atoms with Gasteiger partial charge in [-0.15, -0.1) is 0 Å². The van der Waals surface area contributed by atoms with Crippen molar-refractivity contribution in [3.63, 3.8) is 0 Å². The number of aliphatic hydroxyl groups excluding tert-OH is 1. The van der Waals surface area contributed by atoms with Gasteiger partial charge in [-0.1, -0.05) is 6.42 Å². The zero-order chi connectivity index (χ0) is 14.5. The number of amides is 1. The summed E-state index contributed by atoms with van der Waals surface area (Å²) in [5, 5.41) is 12.5. The molecular formula is C15H22N2O3. The minimum absolute atomic E-state index is 0.186. The predicted octanol–water partition coefficient (Wildman–Crippen LogP) is 1.56. The molecule has 2 atom stereocenters. The molecule has 1 aromatic carbocycles. The molecule has 0 heterocycles. The Morgan fingerprint density at radius 1 is 1.50 bits per heavy atom. The van der Waals surface area contributed by atoms with Crippen LogP contribution in [-0.2, 0) is 0 Å². The summed E-state index contributed by atoms with van der Waals surface area (Å²) in [6.45, 7) is 0.577.